The molecule has 2 fully saturated rings. The third kappa shape index (κ3) is 4.24. The monoisotopic (exact) mass is 494 g/mol. The lowest BCUT2D eigenvalue weighted by Crippen LogP contribution is -2.48. The zero-order valence-corrected chi connectivity index (χ0v) is 20.0. The topological polar surface area (TPSA) is 77.4 Å². The van der Waals surface area contributed by atoms with Crippen LogP contribution in [0.1, 0.15) is 12.2 Å². The number of nitrogens with zero attached hydrogens (tertiary/aromatic N) is 2. The first-order valence-electron chi connectivity index (χ1n) is 11.3. The molecule has 2 aliphatic rings. The molecule has 0 unspecified atom stereocenters. The van der Waals surface area contributed by atoms with Crippen LogP contribution in [-0.4, -0.2) is 44.9 Å². The van der Waals surface area contributed by atoms with Crippen LogP contribution in [0.5, 0.6) is 0 Å². The summed E-state index contributed by atoms with van der Waals surface area (Å²) in [5, 5.41) is 2.89. The number of oxazole rings is 1. The van der Waals surface area contributed by atoms with Gasteiger partial charge in [-0.15, -0.1) is 0 Å². The molecule has 8 heteroatoms. The van der Waals surface area contributed by atoms with Crippen molar-refractivity contribution in [3.8, 4) is 22.7 Å². The van der Waals surface area contributed by atoms with Gasteiger partial charge in [0.05, 0.1) is 0 Å². The maximum atomic E-state index is 11.8. The second-order valence-electron chi connectivity index (χ2n) is 8.54. The van der Waals surface area contributed by atoms with Gasteiger partial charge in [0, 0.05) is 42.1 Å². The lowest BCUT2D eigenvalue weighted by molar-refractivity contribution is 0.0762. The average Bonchev–Trinajstić information content (AvgIpc) is 3.54. The van der Waals surface area contributed by atoms with Gasteiger partial charge in [0.2, 0.25) is 5.89 Å². The van der Waals surface area contributed by atoms with Gasteiger partial charge in [0.1, 0.15) is 23.0 Å². The minimum atomic E-state index is -0.770. The Morgan fingerprint density at radius 3 is 2.47 bits per heavy atom. The Labute approximate surface area is 205 Å². The molecule has 2 saturated heterocycles. The van der Waals surface area contributed by atoms with Gasteiger partial charge in [-0.1, -0.05) is 71.3 Å². The molecule has 0 N–H and O–H groups in total. The van der Waals surface area contributed by atoms with Crippen LogP contribution >= 0.6 is 11.6 Å². The zero-order chi connectivity index (χ0) is 23.1. The van der Waals surface area contributed by atoms with Gasteiger partial charge >= 0.3 is 0 Å². The van der Waals surface area contributed by atoms with E-state index in [-0.39, 0.29) is 0 Å². The molecule has 2 aliphatic heterocycles. The van der Waals surface area contributed by atoms with E-state index in [2.05, 4.69) is 23.1 Å². The van der Waals surface area contributed by atoms with Crippen molar-refractivity contribution >= 4 is 33.5 Å². The summed E-state index contributed by atoms with van der Waals surface area (Å²) < 4.78 is 18.2. The van der Waals surface area contributed by atoms with Gasteiger partial charge in [0.25, 0.3) is 5.91 Å². The molecule has 0 bridgehead atoms. The van der Waals surface area contributed by atoms with Crippen molar-refractivity contribution in [2.75, 3.05) is 24.6 Å². The third-order valence-electron chi connectivity index (χ3n) is 6.44. The molecule has 0 spiro atoms. The van der Waals surface area contributed by atoms with Crippen LogP contribution in [0.25, 0.3) is 33.5 Å². The summed E-state index contributed by atoms with van der Waals surface area (Å²) in [6, 6.07) is 22.0. The first kappa shape index (κ1) is 22.1. The summed E-state index contributed by atoms with van der Waals surface area (Å²) in [5.41, 5.74) is 2.68. The van der Waals surface area contributed by atoms with E-state index < -0.39 is 17.1 Å². The molecule has 3 aromatic carbocycles. The highest BCUT2D eigenvalue weighted by atomic mass is 35.5. The van der Waals surface area contributed by atoms with Gasteiger partial charge in [-0.05, 0) is 29.0 Å². The Hall–Kier alpha value is -2.39. The van der Waals surface area contributed by atoms with E-state index in [0.29, 0.717) is 48.4 Å². The minimum absolute atomic E-state index is 0.579. The van der Waals surface area contributed by atoms with Crippen molar-refractivity contribution in [1.29, 1.82) is 0 Å². The predicted octanol–water partition coefficient (Wildman–Crippen LogP) is 5.43. The maximum Gasteiger partial charge on any atom is 0.290 e. The smallest absolute Gasteiger partial charge is 0.290 e. The molecule has 6 rings (SSSR count). The molecular weight excluding hydrogens is 472 g/mol. The number of halogens is 1. The van der Waals surface area contributed by atoms with Crippen LogP contribution in [-0.2, 0) is 27.4 Å². The molecule has 4 aromatic rings. The van der Waals surface area contributed by atoms with E-state index in [4.69, 9.17) is 30.8 Å². The normalized spacial score (nSPS) is 18.4. The van der Waals surface area contributed by atoms with E-state index in [1.54, 1.807) is 0 Å². The summed E-state index contributed by atoms with van der Waals surface area (Å²) >= 11 is 5.37. The summed E-state index contributed by atoms with van der Waals surface area (Å²) in [6.07, 6.45) is 1.17. The Morgan fingerprint density at radius 1 is 0.971 bits per heavy atom. The molecule has 174 valence electrons. The van der Waals surface area contributed by atoms with Crippen molar-refractivity contribution in [3.05, 3.63) is 77.5 Å². The van der Waals surface area contributed by atoms with Crippen molar-refractivity contribution in [3.63, 3.8) is 0 Å². The van der Waals surface area contributed by atoms with Crippen LogP contribution in [0.15, 0.2) is 71.1 Å². The fraction of sp³-hybridized carbons (Fsp3) is 0.269. The van der Waals surface area contributed by atoms with Crippen LogP contribution in [0.3, 0.4) is 0 Å². The van der Waals surface area contributed by atoms with Gasteiger partial charge in [0.15, 0.2) is 0 Å². The Kier molecular flexibility index (Phi) is 5.85. The first-order valence-corrected chi connectivity index (χ1v) is 13.2. The fourth-order valence-corrected chi connectivity index (χ4v) is 5.70. The number of hydrogen-bond donors (Lipinski definition) is 0. The van der Waals surface area contributed by atoms with E-state index in [1.807, 2.05) is 48.5 Å². The molecule has 0 atom stereocenters. The SMILES string of the molecule is [O-][S+]1CCN(C2(CCc3oc(-c4cccc5ccccc45)nc3-c3ccc(Cl)cc3)OO2)CC1. The molecule has 3 heterocycles. The Morgan fingerprint density at radius 2 is 1.71 bits per heavy atom. The second kappa shape index (κ2) is 9.00. The molecule has 0 saturated carbocycles. The largest absolute Gasteiger partial charge is 0.616 e. The van der Waals surface area contributed by atoms with Gasteiger partial charge < -0.3 is 8.97 Å². The molecule has 0 aliphatic carbocycles. The van der Waals surface area contributed by atoms with E-state index >= 15 is 0 Å². The van der Waals surface area contributed by atoms with Gasteiger partial charge in [-0.2, -0.15) is 9.78 Å². The first-order chi connectivity index (χ1) is 16.6. The predicted molar refractivity (Wildman–Crippen MR) is 133 cm³/mol. The highest BCUT2D eigenvalue weighted by Gasteiger charge is 2.55. The quantitative estimate of drug-likeness (QED) is 0.202. The van der Waals surface area contributed by atoms with Crippen LogP contribution < -0.4 is 0 Å². The Bertz CT molecular complexity index is 1310. The van der Waals surface area contributed by atoms with Crippen molar-refractivity contribution < 1.29 is 18.7 Å². The number of fused-ring (bicyclic) bond motifs is 1. The highest BCUT2D eigenvalue weighted by Crippen LogP contribution is 2.41. The van der Waals surface area contributed by atoms with Crippen LogP contribution in [0, 0.1) is 0 Å². The third-order valence-corrected chi connectivity index (χ3v) is 7.97. The fourth-order valence-electron chi connectivity index (χ4n) is 4.53. The summed E-state index contributed by atoms with van der Waals surface area (Å²) in [7, 11) is 0. The molecule has 1 aromatic heterocycles. The van der Waals surface area contributed by atoms with Gasteiger partial charge in [-0.25, -0.2) is 9.88 Å². The summed E-state index contributed by atoms with van der Waals surface area (Å²) in [6.45, 7) is 1.38. The lowest BCUT2D eigenvalue weighted by Gasteiger charge is -2.29. The summed E-state index contributed by atoms with van der Waals surface area (Å²) in [4.78, 5) is 18.0. The number of aromatic nitrogens is 1. The van der Waals surface area contributed by atoms with Crippen LogP contribution in [0.4, 0.5) is 0 Å². The van der Waals surface area contributed by atoms with Crippen molar-refractivity contribution in [2.45, 2.75) is 18.8 Å². The number of aryl methyl sites for hydroxylation is 1. The standard InChI is InChI=1S/C26H23ClN2O4S/c27-20-10-8-19(9-11-20)24-23(12-13-26(32-33-26)29-14-16-34(30)17-15-29)31-25(28-24)22-7-3-5-18-4-1-2-6-21(18)22/h1-11H,12-17H2. The molecular formula is C26H23ClN2O4S. The second-order valence-corrected chi connectivity index (χ2v) is 10.7. The molecule has 0 amide bonds. The van der Waals surface area contributed by atoms with Crippen LogP contribution in [0.2, 0.25) is 5.02 Å². The zero-order valence-electron chi connectivity index (χ0n) is 18.4. The number of benzene rings is 3. The average molecular weight is 495 g/mol. The molecule has 6 nitrogen and oxygen atoms in total. The van der Waals surface area contributed by atoms with Gasteiger partial charge in [-0.3, -0.25) is 0 Å². The van der Waals surface area contributed by atoms with Crippen molar-refractivity contribution in [1.82, 2.24) is 9.88 Å². The molecule has 34 heavy (non-hydrogen) atoms. The Balaban J connectivity index is 1.34. The summed E-state index contributed by atoms with van der Waals surface area (Å²) in [5.74, 6) is 1.85. The lowest BCUT2D eigenvalue weighted by atomic mass is 10.0. The van der Waals surface area contributed by atoms with Crippen molar-refractivity contribution in [2.24, 2.45) is 0 Å². The van der Waals surface area contributed by atoms with E-state index in [9.17, 15) is 4.55 Å². The maximum absolute atomic E-state index is 11.8. The highest BCUT2D eigenvalue weighted by molar-refractivity contribution is 7.91. The number of rotatable bonds is 6. The minimum Gasteiger partial charge on any atom is -0.616 e. The van der Waals surface area contributed by atoms with E-state index in [0.717, 1.165) is 33.4 Å². The van der Waals surface area contributed by atoms with E-state index in [1.165, 1.54) is 0 Å². The molecule has 0 radical (unpaired) electrons. The number of hydrogen-bond acceptors (Lipinski definition) is 6.